The number of thiazole rings is 1. The molecular formula is C21H21N3O4S2. The number of hydrogen-bond donors (Lipinski definition) is 2. The summed E-state index contributed by atoms with van der Waals surface area (Å²) in [5.74, 6) is -0.117. The van der Waals surface area contributed by atoms with Crippen LogP contribution in [0.15, 0.2) is 42.5 Å². The predicted molar refractivity (Wildman–Crippen MR) is 121 cm³/mol. The monoisotopic (exact) mass is 443 g/mol. The van der Waals surface area contributed by atoms with E-state index in [1.165, 1.54) is 18.4 Å². The molecule has 0 spiro atoms. The highest BCUT2D eigenvalue weighted by molar-refractivity contribution is 7.80. The number of amides is 1. The Kier molecular flexibility index (Phi) is 7.31. The Morgan fingerprint density at radius 1 is 1.17 bits per heavy atom. The molecule has 156 valence electrons. The molecule has 0 aliphatic rings. The van der Waals surface area contributed by atoms with Gasteiger partial charge in [0.2, 0.25) is 0 Å². The van der Waals surface area contributed by atoms with Crippen molar-refractivity contribution in [2.24, 2.45) is 0 Å². The lowest BCUT2D eigenvalue weighted by molar-refractivity contribution is 0.0600. The van der Waals surface area contributed by atoms with E-state index in [1.54, 1.807) is 36.4 Å². The topological polar surface area (TPSA) is 89.5 Å². The van der Waals surface area contributed by atoms with Gasteiger partial charge in [0.15, 0.2) is 10.2 Å². The van der Waals surface area contributed by atoms with Gasteiger partial charge in [-0.05, 0) is 55.0 Å². The predicted octanol–water partition coefficient (Wildman–Crippen LogP) is 4.39. The normalized spacial score (nSPS) is 10.5. The first-order chi connectivity index (χ1) is 14.5. The van der Waals surface area contributed by atoms with Crippen LogP contribution in [-0.4, -0.2) is 35.7 Å². The lowest BCUT2D eigenvalue weighted by Crippen LogP contribution is -2.34. The van der Waals surface area contributed by atoms with E-state index in [-0.39, 0.29) is 11.0 Å². The molecule has 1 amide bonds. The molecule has 0 aliphatic heterocycles. The first-order valence-electron chi connectivity index (χ1n) is 9.34. The summed E-state index contributed by atoms with van der Waals surface area (Å²) in [7, 11) is 1.33. The molecule has 2 N–H and O–H groups in total. The third kappa shape index (κ3) is 5.52. The van der Waals surface area contributed by atoms with Crippen LogP contribution in [0.4, 0.5) is 5.13 Å². The van der Waals surface area contributed by atoms with E-state index in [1.807, 2.05) is 6.07 Å². The summed E-state index contributed by atoms with van der Waals surface area (Å²) in [4.78, 5) is 28.6. The minimum Gasteiger partial charge on any atom is -0.494 e. The summed E-state index contributed by atoms with van der Waals surface area (Å²) in [5, 5.41) is 6.19. The Morgan fingerprint density at radius 3 is 2.77 bits per heavy atom. The number of hydrogen-bond acceptors (Lipinski definition) is 7. The highest BCUT2D eigenvalue weighted by Gasteiger charge is 2.13. The minimum atomic E-state index is -0.413. The molecule has 1 aromatic heterocycles. The van der Waals surface area contributed by atoms with Crippen molar-refractivity contribution in [3.8, 4) is 5.75 Å². The molecule has 3 aromatic rings. The van der Waals surface area contributed by atoms with Crippen molar-refractivity contribution >= 4 is 55.9 Å². The molecule has 1 heterocycles. The van der Waals surface area contributed by atoms with Gasteiger partial charge in [-0.25, -0.2) is 9.78 Å². The maximum atomic E-state index is 12.5. The first-order valence-corrected chi connectivity index (χ1v) is 10.6. The van der Waals surface area contributed by atoms with Crippen molar-refractivity contribution in [2.75, 3.05) is 19.0 Å². The maximum absolute atomic E-state index is 12.5. The van der Waals surface area contributed by atoms with Crippen molar-refractivity contribution in [3.05, 3.63) is 53.6 Å². The molecule has 3 rings (SSSR count). The fourth-order valence-corrected chi connectivity index (χ4v) is 3.75. The number of fused-ring (bicyclic) bond motifs is 1. The molecule has 2 aromatic carbocycles. The number of ether oxygens (including phenoxy) is 2. The molecule has 0 atom stereocenters. The molecule has 0 bridgehead atoms. The van der Waals surface area contributed by atoms with Crippen molar-refractivity contribution < 1.29 is 19.1 Å². The summed E-state index contributed by atoms with van der Waals surface area (Å²) >= 11 is 6.56. The van der Waals surface area contributed by atoms with Gasteiger partial charge >= 0.3 is 5.97 Å². The fourth-order valence-electron chi connectivity index (χ4n) is 2.59. The van der Waals surface area contributed by atoms with Gasteiger partial charge in [-0.1, -0.05) is 30.7 Å². The third-order valence-electron chi connectivity index (χ3n) is 4.12. The number of esters is 1. The molecule has 0 saturated heterocycles. The van der Waals surface area contributed by atoms with Crippen LogP contribution in [0.2, 0.25) is 0 Å². The van der Waals surface area contributed by atoms with Gasteiger partial charge in [0, 0.05) is 5.56 Å². The van der Waals surface area contributed by atoms with E-state index >= 15 is 0 Å². The average Bonchev–Trinajstić information content (AvgIpc) is 3.14. The summed E-state index contributed by atoms with van der Waals surface area (Å²) in [6.45, 7) is 2.70. The van der Waals surface area contributed by atoms with Gasteiger partial charge in [0.25, 0.3) is 5.91 Å². The van der Waals surface area contributed by atoms with E-state index < -0.39 is 5.97 Å². The van der Waals surface area contributed by atoms with Crippen LogP contribution in [0.25, 0.3) is 10.2 Å². The largest absolute Gasteiger partial charge is 0.494 e. The quantitative estimate of drug-likeness (QED) is 0.318. The third-order valence-corrected chi connectivity index (χ3v) is 5.26. The molecule has 0 unspecified atom stereocenters. The molecular weight excluding hydrogens is 422 g/mol. The number of unbranched alkanes of at least 4 members (excludes halogenated alkanes) is 1. The molecule has 30 heavy (non-hydrogen) atoms. The Hall–Kier alpha value is -3.04. The summed E-state index contributed by atoms with van der Waals surface area (Å²) in [6.07, 6.45) is 1.99. The number of methoxy groups -OCH3 is 1. The summed E-state index contributed by atoms with van der Waals surface area (Å²) < 4.78 is 11.2. The zero-order valence-electron chi connectivity index (χ0n) is 16.6. The molecule has 0 radical (unpaired) electrons. The lowest BCUT2D eigenvalue weighted by Gasteiger charge is -2.09. The number of aromatic nitrogens is 1. The zero-order valence-corrected chi connectivity index (χ0v) is 18.2. The number of nitrogens with zero attached hydrogens (tertiary/aromatic N) is 1. The molecule has 0 fully saturated rings. The second kappa shape index (κ2) is 10.1. The van der Waals surface area contributed by atoms with E-state index in [0.717, 1.165) is 17.5 Å². The van der Waals surface area contributed by atoms with Gasteiger partial charge in [-0.15, -0.1) is 0 Å². The van der Waals surface area contributed by atoms with Crippen molar-refractivity contribution in [1.82, 2.24) is 10.3 Å². The molecule has 9 heteroatoms. The van der Waals surface area contributed by atoms with Gasteiger partial charge in [0.05, 0.1) is 29.5 Å². The standard InChI is InChI=1S/C21H21N3O4S2/c1-3-4-10-28-15-7-5-6-13(11-15)18(25)23-20(29)24-21-22-16-9-8-14(19(26)27-2)12-17(16)30-21/h5-9,11-12H,3-4,10H2,1-2H3,(H2,22,23,24,25,29). The molecule has 0 saturated carbocycles. The Morgan fingerprint density at radius 2 is 2.00 bits per heavy atom. The van der Waals surface area contributed by atoms with Crippen molar-refractivity contribution in [1.29, 1.82) is 0 Å². The fraction of sp³-hybridized carbons (Fsp3) is 0.238. The van der Waals surface area contributed by atoms with E-state index in [0.29, 0.717) is 34.1 Å². The van der Waals surface area contributed by atoms with Gasteiger partial charge in [-0.2, -0.15) is 0 Å². The van der Waals surface area contributed by atoms with Crippen LogP contribution in [0.3, 0.4) is 0 Å². The number of thiocarbonyl (C=S) groups is 1. The smallest absolute Gasteiger partial charge is 0.337 e. The van der Waals surface area contributed by atoms with E-state index in [4.69, 9.17) is 21.7 Å². The lowest BCUT2D eigenvalue weighted by atomic mass is 10.2. The summed E-state index contributed by atoms with van der Waals surface area (Å²) in [6, 6.07) is 12.0. The van der Waals surface area contributed by atoms with Crippen LogP contribution in [0.5, 0.6) is 5.75 Å². The molecule has 7 nitrogen and oxygen atoms in total. The number of benzene rings is 2. The number of carbonyl (C=O) groups is 2. The second-order valence-electron chi connectivity index (χ2n) is 6.33. The van der Waals surface area contributed by atoms with E-state index in [9.17, 15) is 9.59 Å². The van der Waals surface area contributed by atoms with Crippen molar-refractivity contribution in [3.63, 3.8) is 0 Å². The van der Waals surface area contributed by atoms with Gasteiger partial charge in [0.1, 0.15) is 5.75 Å². The Labute approximate surface area is 183 Å². The highest BCUT2D eigenvalue weighted by Crippen LogP contribution is 2.27. The van der Waals surface area contributed by atoms with Crippen LogP contribution in [0.1, 0.15) is 40.5 Å². The number of carbonyl (C=O) groups excluding carboxylic acids is 2. The van der Waals surface area contributed by atoms with Crippen LogP contribution >= 0.6 is 23.6 Å². The van der Waals surface area contributed by atoms with E-state index in [2.05, 4.69) is 22.5 Å². The molecule has 0 aliphatic carbocycles. The zero-order chi connectivity index (χ0) is 21.5. The van der Waals surface area contributed by atoms with Gasteiger partial charge in [-0.3, -0.25) is 10.1 Å². The first kappa shape index (κ1) is 21.7. The van der Waals surface area contributed by atoms with Crippen LogP contribution in [0, 0.1) is 0 Å². The average molecular weight is 444 g/mol. The van der Waals surface area contributed by atoms with Crippen molar-refractivity contribution in [2.45, 2.75) is 19.8 Å². The Balaban J connectivity index is 1.63. The Bertz CT molecular complexity index is 1080. The number of anilines is 1. The van der Waals surface area contributed by atoms with Crippen LogP contribution < -0.4 is 15.4 Å². The summed E-state index contributed by atoms with van der Waals surface area (Å²) in [5.41, 5.74) is 1.60. The second-order valence-corrected chi connectivity index (χ2v) is 7.77. The number of nitrogens with one attached hydrogen (secondary N) is 2. The van der Waals surface area contributed by atoms with Crippen LogP contribution in [-0.2, 0) is 4.74 Å². The SMILES string of the molecule is CCCCOc1cccc(C(=O)NC(=S)Nc2nc3ccc(C(=O)OC)cc3s2)c1. The minimum absolute atomic E-state index is 0.129. The van der Waals surface area contributed by atoms with Gasteiger partial charge < -0.3 is 14.8 Å². The highest BCUT2D eigenvalue weighted by atomic mass is 32.1. The number of rotatable bonds is 7. The maximum Gasteiger partial charge on any atom is 0.337 e.